The lowest BCUT2D eigenvalue weighted by molar-refractivity contribution is -0.385. The van der Waals surface area contributed by atoms with Crippen LogP contribution in [0.2, 0.25) is 0 Å². The fourth-order valence-corrected chi connectivity index (χ4v) is 1.09. The van der Waals surface area contributed by atoms with Gasteiger partial charge in [0.2, 0.25) is 0 Å². The minimum atomic E-state index is -0.632. The quantitative estimate of drug-likeness (QED) is 0.441. The Morgan fingerprint density at radius 3 is 2.80 bits per heavy atom. The van der Waals surface area contributed by atoms with E-state index in [2.05, 4.69) is 5.32 Å². The van der Waals surface area contributed by atoms with Crippen LogP contribution in [0.5, 0.6) is 0 Å². The van der Waals surface area contributed by atoms with E-state index in [0.29, 0.717) is 13.1 Å². The van der Waals surface area contributed by atoms with Gasteiger partial charge in [0.1, 0.15) is 0 Å². The third kappa shape index (κ3) is 3.17. The lowest BCUT2D eigenvalue weighted by Crippen LogP contribution is -2.09. The zero-order valence-corrected chi connectivity index (χ0v) is 8.07. The molecule has 3 N–H and O–H groups in total. The standard InChI is InChI=1S/C9H12FN3O2/c10-8-6-7(13(14)15)2-3-9(8)12-5-1-4-11/h2-3,6,12H,1,4-5,11H2. The fraction of sp³-hybridized carbons (Fsp3) is 0.333. The van der Waals surface area contributed by atoms with Crippen LogP contribution < -0.4 is 11.1 Å². The molecule has 0 aromatic heterocycles. The molecule has 0 amide bonds. The number of hydrogen-bond acceptors (Lipinski definition) is 4. The van der Waals surface area contributed by atoms with E-state index in [9.17, 15) is 14.5 Å². The van der Waals surface area contributed by atoms with E-state index in [1.165, 1.54) is 12.1 Å². The number of nitrogens with zero attached hydrogens (tertiary/aromatic N) is 1. The number of anilines is 1. The van der Waals surface area contributed by atoms with Gasteiger partial charge in [0.05, 0.1) is 16.7 Å². The van der Waals surface area contributed by atoms with Crippen molar-refractivity contribution in [2.24, 2.45) is 5.73 Å². The smallest absolute Gasteiger partial charge is 0.272 e. The summed E-state index contributed by atoms with van der Waals surface area (Å²) in [6.45, 7) is 1.06. The van der Waals surface area contributed by atoms with Gasteiger partial charge >= 0.3 is 0 Å². The molecular weight excluding hydrogens is 201 g/mol. The number of nitro groups is 1. The van der Waals surface area contributed by atoms with E-state index in [0.717, 1.165) is 12.5 Å². The first-order valence-corrected chi connectivity index (χ1v) is 4.53. The molecule has 0 heterocycles. The number of nitrogens with one attached hydrogen (secondary N) is 1. The monoisotopic (exact) mass is 213 g/mol. The summed E-state index contributed by atoms with van der Waals surface area (Å²) in [6, 6.07) is 3.50. The SMILES string of the molecule is NCCCNc1ccc([N+](=O)[O-])cc1F. The van der Waals surface area contributed by atoms with Crippen LogP contribution in [-0.2, 0) is 0 Å². The molecule has 0 radical (unpaired) electrons. The summed E-state index contributed by atoms with van der Waals surface area (Å²) in [7, 11) is 0. The van der Waals surface area contributed by atoms with Crippen LogP contribution in [0.25, 0.3) is 0 Å². The van der Waals surface area contributed by atoms with Gasteiger partial charge in [0, 0.05) is 12.6 Å². The average molecular weight is 213 g/mol. The predicted octanol–water partition coefficient (Wildman–Crippen LogP) is 1.49. The first kappa shape index (κ1) is 11.4. The Labute approximate surface area is 86.2 Å². The van der Waals surface area contributed by atoms with E-state index in [1.807, 2.05) is 0 Å². The van der Waals surface area contributed by atoms with Crippen molar-refractivity contribution in [3.63, 3.8) is 0 Å². The van der Waals surface area contributed by atoms with Crippen molar-refractivity contribution in [2.45, 2.75) is 6.42 Å². The van der Waals surface area contributed by atoms with Crippen molar-refractivity contribution in [1.82, 2.24) is 0 Å². The van der Waals surface area contributed by atoms with Crippen molar-refractivity contribution in [1.29, 1.82) is 0 Å². The van der Waals surface area contributed by atoms with Gasteiger partial charge in [-0.3, -0.25) is 10.1 Å². The number of non-ortho nitro benzene ring substituents is 1. The Morgan fingerprint density at radius 1 is 1.53 bits per heavy atom. The second-order valence-corrected chi connectivity index (χ2v) is 2.99. The number of rotatable bonds is 5. The minimum absolute atomic E-state index is 0.253. The number of halogens is 1. The number of hydrogen-bond donors (Lipinski definition) is 2. The highest BCUT2D eigenvalue weighted by Crippen LogP contribution is 2.20. The van der Waals surface area contributed by atoms with Crippen molar-refractivity contribution in [3.05, 3.63) is 34.1 Å². The molecule has 6 heteroatoms. The molecule has 0 bridgehead atoms. The van der Waals surface area contributed by atoms with Crippen LogP contribution in [0.4, 0.5) is 15.8 Å². The highest BCUT2D eigenvalue weighted by Gasteiger charge is 2.09. The molecule has 0 spiro atoms. The Bertz CT molecular complexity index is 357. The van der Waals surface area contributed by atoms with Gasteiger partial charge < -0.3 is 11.1 Å². The molecule has 15 heavy (non-hydrogen) atoms. The molecule has 5 nitrogen and oxygen atoms in total. The van der Waals surface area contributed by atoms with Crippen LogP contribution in [-0.4, -0.2) is 18.0 Å². The zero-order valence-electron chi connectivity index (χ0n) is 8.07. The van der Waals surface area contributed by atoms with E-state index < -0.39 is 10.7 Å². The highest BCUT2D eigenvalue weighted by atomic mass is 19.1. The maximum absolute atomic E-state index is 13.2. The van der Waals surface area contributed by atoms with Gasteiger partial charge in [-0.05, 0) is 19.0 Å². The summed E-state index contributed by atoms with van der Waals surface area (Å²) in [5.41, 5.74) is 5.28. The van der Waals surface area contributed by atoms with Gasteiger partial charge in [0.15, 0.2) is 5.82 Å². The molecule has 0 aliphatic rings. The lowest BCUT2D eigenvalue weighted by atomic mass is 10.2. The zero-order chi connectivity index (χ0) is 11.3. The third-order valence-electron chi connectivity index (χ3n) is 1.86. The summed E-state index contributed by atoms with van der Waals surface area (Å²) < 4.78 is 13.2. The van der Waals surface area contributed by atoms with Crippen molar-refractivity contribution < 1.29 is 9.31 Å². The van der Waals surface area contributed by atoms with Gasteiger partial charge in [0.25, 0.3) is 5.69 Å². The van der Waals surface area contributed by atoms with E-state index >= 15 is 0 Å². The largest absolute Gasteiger partial charge is 0.383 e. The van der Waals surface area contributed by atoms with E-state index in [1.54, 1.807) is 0 Å². The van der Waals surface area contributed by atoms with Crippen molar-refractivity contribution >= 4 is 11.4 Å². The minimum Gasteiger partial charge on any atom is -0.383 e. The van der Waals surface area contributed by atoms with Gasteiger partial charge in [-0.25, -0.2) is 4.39 Å². The van der Waals surface area contributed by atoms with Crippen LogP contribution in [0.15, 0.2) is 18.2 Å². The van der Waals surface area contributed by atoms with Crippen LogP contribution in [0.1, 0.15) is 6.42 Å². The normalized spacial score (nSPS) is 10.0. The predicted molar refractivity (Wildman–Crippen MR) is 55.2 cm³/mol. The van der Waals surface area contributed by atoms with Crippen LogP contribution >= 0.6 is 0 Å². The molecule has 1 aromatic carbocycles. The molecule has 0 fully saturated rings. The summed E-state index contributed by atoms with van der Waals surface area (Å²) >= 11 is 0. The number of nitrogens with two attached hydrogens (primary N) is 1. The topological polar surface area (TPSA) is 81.2 Å². The summed E-state index contributed by atoms with van der Waals surface area (Å²) in [6.07, 6.45) is 0.719. The molecule has 0 saturated heterocycles. The Hall–Kier alpha value is -1.69. The molecule has 82 valence electrons. The first-order chi connectivity index (χ1) is 7.15. The second kappa shape index (κ2) is 5.26. The summed E-state index contributed by atoms with van der Waals surface area (Å²) in [5.74, 6) is -0.624. The van der Waals surface area contributed by atoms with E-state index in [-0.39, 0.29) is 11.4 Å². The molecular formula is C9H12FN3O2. The van der Waals surface area contributed by atoms with E-state index in [4.69, 9.17) is 5.73 Å². The average Bonchev–Trinajstić information content (AvgIpc) is 2.20. The second-order valence-electron chi connectivity index (χ2n) is 2.99. The van der Waals surface area contributed by atoms with Gasteiger partial charge in [-0.1, -0.05) is 0 Å². The number of nitro benzene ring substituents is 1. The fourth-order valence-electron chi connectivity index (χ4n) is 1.09. The number of benzene rings is 1. The summed E-state index contributed by atoms with van der Waals surface area (Å²) in [4.78, 5) is 9.69. The third-order valence-corrected chi connectivity index (χ3v) is 1.86. The molecule has 0 atom stereocenters. The Kier molecular flexibility index (Phi) is 3.99. The van der Waals surface area contributed by atoms with Crippen molar-refractivity contribution in [3.8, 4) is 0 Å². The Balaban J connectivity index is 2.70. The molecule has 0 unspecified atom stereocenters. The Morgan fingerprint density at radius 2 is 2.27 bits per heavy atom. The van der Waals surface area contributed by atoms with Gasteiger partial charge in [-0.2, -0.15) is 0 Å². The first-order valence-electron chi connectivity index (χ1n) is 4.53. The molecule has 1 rings (SSSR count). The highest BCUT2D eigenvalue weighted by molar-refractivity contribution is 5.49. The van der Waals surface area contributed by atoms with Crippen LogP contribution in [0.3, 0.4) is 0 Å². The molecule has 1 aromatic rings. The maximum Gasteiger partial charge on any atom is 0.272 e. The molecule has 0 aliphatic carbocycles. The van der Waals surface area contributed by atoms with Crippen molar-refractivity contribution in [2.75, 3.05) is 18.4 Å². The van der Waals surface area contributed by atoms with Gasteiger partial charge in [-0.15, -0.1) is 0 Å². The maximum atomic E-state index is 13.2. The summed E-state index contributed by atoms with van der Waals surface area (Å²) in [5, 5.41) is 13.1. The molecule has 0 aliphatic heterocycles. The van der Waals surface area contributed by atoms with Crippen LogP contribution in [0, 0.1) is 15.9 Å². The molecule has 0 saturated carbocycles. The lowest BCUT2D eigenvalue weighted by Gasteiger charge is -2.05.